The highest BCUT2D eigenvalue weighted by Crippen LogP contribution is 2.60. The zero-order chi connectivity index (χ0) is 21.5. The quantitative estimate of drug-likeness (QED) is 0.472. The fourth-order valence-corrected chi connectivity index (χ4v) is 6.32. The number of esters is 1. The molecule has 0 unspecified atom stereocenters. The standard InChI is InChI=1S/C21H23Cl3N2O4/c22-14-4-16(24)17(5-15(14)23)26-18(27)10-30-19(28)9-25-20(29)21-6-11-1-12(7-21)3-13(2-11)8-21/h4-5,11-13H,1-3,6-10H2,(H,25,29)(H,26,27). The van der Waals surface area contributed by atoms with Crippen LogP contribution in [-0.4, -0.2) is 30.9 Å². The number of ether oxygens (including phenoxy) is 1. The first-order chi connectivity index (χ1) is 14.2. The molecule has 4 aliphatic rings. The second-order valence-electron chi connectivity index (χ2n) is 8.84. The zero-order valence-electron chi connectivity index (χ0n) is 16.3. The van der Waals surface area contributed by atoms with E-state index in [2.05, 4.69) is 10.6 Å². The lowest BCUT2D eigenvalue weighted by Crippen LogP contribution is -2.54. The molecule has 2 N–H and O–H groups in total. The molecule has 0 atom stereocenters. The lowest BCUT2D eigenvalue weighted by Gasteiger charge is -2.55. The number of hydrogen-bond acceptors (Lipinski definition) is 4. The molecular formula is C21H23Cl3N2O4. The minimum Gasteiger partial charge on any atom is -0.454 e. The van der Waals surface area contributed by atoms with Gasteiger partial charge in [0.25, 0.3) is 5.91 Å². The molecule has 4 fully saturated rings. The molecule has 1 aromatic rings. The zero-order valence-corrected chi connectivity index (χ0v) is 18.6. The predicted molar refractivity (Wildman–Crippen MR) is 115 cm³/mol. The monoisotopic (exact) mass is 472 g/mol. The molecule has 4 aliphatic carbocycles. The number of carbonyl (C=O) groups is 3. The smallest absolute Gasteiger partial charge is 0.325 e. The van der Waals surface area contributed by atoms with Crippen molar-refractivity contribution in [2.75, 3.05) is 18.5 Å². The normalized spacial score (nSPS) is 28.8. The van der Waals surface area contributed by atoms with Crippen molar-refractivity contribution in [3.05, 3.63) is 27.2 Å². The van der Waals surface area contributed by atoms with E-state index >= 15 is 0 Å². The van der Waals surface area contributed by atoms with Gasteiger partial charge in [-0.15, -0.1) is 0 Å². The third kappa shape index (κ3) is 4.56. The number of nitrogens with one attached hydrogen (secondary N) is 2. The fourth-order valence-electron chi connectivity index (χ4n) is 5.73. The molecule has 4 saturated carbocycles. The molecular weight excluding hydrogens is 451 g/mol. The van der Waals surface area contributed by atoms with Crippen molar-refractivity contribution < 1.29 is 19.1 Å². The Hall–Kier alpha value is -1.50. The van der Waals surface area contributed by atoms with E-state index < -0.39 is 18.5 Å². The minimum absolute atomic E-state index is 0.0504. The second-order valence-corrected chi connectivity index (χ2v) is 10.1. The van der Waals surface area contributed by atoms with Crippen molar-refractivity contribution in [1.29, 1.82) is 0 Å². The number of rotatable bonds is 6. The maximum absolute atomic E-state index is 12.8. The maximum Gasteiger partial charge on any atom is 0.325 e. The topological polar surface area (TPSA) is 84.5 Å². The Kier molecular flexibility index (Phi) is 6.20. The molecule has 0 heterocycles. The summed E-state index contributed by atoms with van der Waals surface area (Å²) in [7, 11) is 0. The summed E-state index contributed by atoms with van der Waals surface area (Å²) in [5, 5.41) is 5.96. The lowest BCUT2D eigenvalue weighted by molar-refractivity contribution is -0.152. The van der Waals surface area contributed by atoms with E-state index in [0.717, 1.165) is 19.3 Å². The Bertz CT molecular complexity index is 854. The summed E-state index contributed by atoms with van der Waals surface area (Å²) in [5.74, 6) is 0.646. The molecule has 9 heteroatoms. The Morgan fingerprint density at radius 2 is 1.50 bits per heavy atom. The Balaban J connectivity index is 1.23. The SMILES string of the molecule is O=C(COC(=O)CNC(=O)C12CC3CC(CC(C3)C1)C2)Nc1cc(Cl)c(Cl)cc1Cl. The first-order valence-electron chi connectivity index (χ1n) is 10.1. The summed E-state index contributed by atoms with van der Waals surface area (Å²) in [5.41, 5.74) is -0.0565. The lowest BCUT2D eigenvalue weighted by atomic mass is 9.49. The van der Waals surface area contributed by atoms with Gasteiger partial charge in [-0.1, -0.05) is 34.8 Å². The van der Waals surface area contributed by atoms with Crippen LogP contribution in [0.15, 0.2) is 12.1 Å². The third-order valence-electron chi connectivity index (χ3n) is 6.56. The average Bonchev–Trinajstić information content (AvgIpc) is 2.67. The molecule has 0 saturated heterocycles. The van der Waals surface area contributed by atoms with Crippen molar-refractivity contribution >= 4 is 58.3 Å². The predicted octanol–water partition coefficient (Wildman–Crippen LogP) is 4.46. The van der Waals surface area contributed by atoms with Gasteiger partial charge in [-0.05, 0) is 68.4 Å². The largest absolute Gasteiger partial charge is 0.454 e. The number of halogens is 3. The van der Waals surface area contributed by atoms with E-state index in [1.165, 1.54) is 31.4 Å². The summed E-state index contributed by atoms with van der Waals surface area (Å²) in [6.07, 6.45) is 6.50. The molecule has 4 bridgehead atoms. The van der Waals surface area contributed by atoms with Crippen molar-refractivity contribution in [2.24, 2.45) is 23.2 Å². The number of hydrogen-bond donors (Lipinski definition) is 2. The van der Waals surface area contributed by atoms with Gasteiger partial charge in [0.05, 0.1) is 20.8 Å². The van der Waals surface area contributed by atoms with Crippen LogP contribution in [0.2, 0.25) is 15.1 Å². The fraction of sp³-hybridized carbons (Fsp3) is 0.571. The van der Waals surface area contributed by atoms with Gasteiger partial charge in [0.15, 0.2) is 6.61 Å². The van der Waals surface area contributed by atoms with Crippen molar-refractivity contribution in [2.45, 2.75) is 38.5 Å². The van der Waals surface area contributed by atoms with Gasteiger partial charge in [-0.3, -0.25) is 14.4 Å². The third-order valence-corrected chi connectivity index (χ3v) is 7.60. The van der Waals surface area contributed by atoms with Gasteiger partial charge in [-0.25, -0.2) is 0 Å². The van der Waals surface area contributed by atoms with Gasteiger partial charge >= 0.3 is 5.97 Å². The van der Waals surface area contributed by atoms with Crippen molar-refractivity contribution in [1.82, 2.24) is 5.32 Å². The Labute approximate surface area is 189 Å². The first kappa shape index (κ1) is 21.7. The molecule has 0 spiro atoms. The van der Waals surface area contributed by atoms with Crippen LogP contribution in [0.1, 0.15) is 38.5 Å². The molecule has 6 nitrogen and oxygen atoms in total. The van der Waals surface area contributed by atoms with E-state index in [1.54, 1.807) is 0 Å². The van der Waals surface area contributed by atoms with E-state index in [1.807, 2.05) is 0 Å². The van der Waals surface area contributed by atoms with Gasteiger partial charge in [-0.2, -0.15) is 0 Å². The van der Waals surface area contributed by atoms with Crippen LogP contribution >= 0.6 is 34.8 Å². The molecule has 5 rings (SSSR count). The van der Waals surface area contributed by atoms with Crippen molar-refractivity contribution in [3.8, 4) is 0 Å². The highest BCUT2D eigenvalue weighted by atomic mass is 35.5. The summed E-state index contributed by atoms with van der Waals surface area (Å²) in [6, 6.07) is 2.82. The van der Waals surface area contributed by atoms with E-state index in [-0.39, 0.29) is 38.6 Å². The highest BCUT2D eigenvalue weighted by molar-refractivity contribution is 6.44. The molecule has 162 valence electrons. The van der Waals surface area contributed by atoms with E-state index in [4.69, 9.17) is 39.5 Å². The number of anilines is 1. The van der Waals surface area contributed by atoms with Crippen LogP contribution in [0, 0.1) is 23.2 Å². The summed E-state index contributed by atoms with van der Waals surface area (Å²) in [6.45, 7) is -0.746. The summed E-state index contributed by atoms with van der Waals surface area (Å²) < 4.78 is 4.97. The first-order valence-corrected chi connectivity index (χ1v) is 11.3. The highest BCUT2D eigenvalue weighted by Gasteiger charge is 2.54. The summed E-state index contributed by atoms with van der Waals surface area (Å²) >= 11 is 17.8. The molecule has 2 amide bonds. The maximum atomic E-state index is 12.8. The molecule has 0 radical (unpaired) electrons. The van der Waals surface area contributed by atoms with E-state index in [0.29, 0.717) is 17.8 Å². The number of benzene rings is 1. The van der Waals surface area contributed by atoms with Crippen LogP contribution in [-0.2, 0) is 19.1 Å². The van der Waals surface area contributed by atoms with Crippen LogP contribution in [0.4, 0.5) is 5.69 Å². The van der Waals surface area contributed by atoms with Crippen LogP contribution in [0.25, 0.3) is 0 Å². The number of amides is 2. The minimum atomic E-state index is -0.663. The number of carbonyl (C=O) groups excluding carboxylic acids is 3. The van der Waals surface area contributed by atoms with Crippen LogP contribution in [0.5, 0.6) is 0 Å². The molecule has 30 heavy (non-hydrogen) atoms. The van der Waals surface area contributed by atoms with Crippen LogP contribution < -0.4 is 10.6 Å². The van der Waals surface area contributed by atoms with Gasteiger partial charge in [0.1, 0.15) is 6.54 Å². The Morgan fingerprint density at radius 3 is 2.10 bits per heavy atom. The van der Waals surface area contributed by atoms with E-state index in [9.17, 15) is 14.4 Å². The molecule has 1 aromatic carbocycles. The van der Waals surface area contributed by atoms with Crippen LogP contribution in [0.3, 0.4) is 0 Å². The van der Waals surface area contributed by atoms with Crippen molar-refractivity contribution in [3.63, 3.8) is 0 Å². The molecule has 0 aromatic heterocycles. The molecule has 0 aliphatic heterocycles. The Morgan fingerprint density at radius 1 is 0.933 bits per heavy atom. The second kappa shape index (κ2) is 8.56. The van der Waals surface area contributed by atoms with Gasteiger partial charge in [0.2, 0.25) is 5.91 Å². The van der Waals surface area contributed by atoms with Gasteiger partial charge < -0.3 is 15.4 Å². The average molecular weight is 474 g/mol. The van der Waals surface area contributed by atoms with Gasteiger partial charge in [0, 0.05) is 5.41 Å². The summed E-state index contributed by atoms with van der Waals surface area (Å²) in [4.78, 5) is 36.9.